The van der Waals surface area contributed by atoms with Crippen molar-refractivity contribution in [2.24, 2.45) is 5.92 Å². The quantitative estimate of drug-likeness (QED) is 0.569. The summed E-state index contributed by atoms with van der Waals surface area (Å²) in [4.78, 5) is 29.0. The second kappa shape index (κ2) is 8.80. The number of rotatable bonds is 7. The lowest BCUT2D eigenvalue weighted by atomic mass is 9.96. The maximum absolute atomic E-state index is 14.6. The third-order valence-electron chi connectivity index (χ3n) is 6.50. The Hall–Kier alpha value is -3.50. The zero-order valence-corrected chi connectivity index (χ0v) is 18.3. The standard InChI is InChI=1S/C26H25FN4O2/c1-2-11-30(19-8-9-19)14-18-15-31(16-18)26(33)22-12-17(7-10-23(22)27)13-24-20-5-3-4-6-21(20)25(32)29-28-24/h1,3-7,10,12,18-19H,8-9,11,13-16H2,(H,29,32). The Morgan fingerprint density at radius 3 is 2.70 bits per heavy atom. The van der Waals surface area contributed by atoms with Gasteiger partial charge in [-0.25, -0.2) is 9.49 Å². The van der Waals surface area contributed by atoms with E-state index in [1.807, 2.05) is 12.1 Å². The predicted molar refractivity (Wildman–Crippen MR) is 124 cm³/mol. The molecule has 2 aromatic carbocycles. The third-order valence-corrected chi connectivity index (χ3v) is 6.50. The maximum Gasteiger partial charge on any atom is 0.272 e. The van der Waals surface area contributed by atoms with Gasteiger partial charge in [-0.15, -0.1) is 6.42 Å². The Balaban J connectivity index is 1.29. The van der Waals surface area contributed by atoms with E-state index in [-0.39, 0.29) is 17.0 Å². The summed E-state index contributed by atoms with van der Waals surface area (Å²) >= 11 is 0. The van der Waals surface area contributed by atoms with Gasteiger partial charge in [-0.3, -0.25) is 14.5 Å². The van der Waals surface area contributed by atoms with Gasteiger partial charge >= 0.3 is 0 Å². The molecule has 0 bridgehead atoms. The first-order valence-electron chi connectivity index (χ1n) is 11.2. The number of amides is 1. The molecule has 33 heavy (non-hydrogen) atoms. The van der Waals surface area contributed by atoms with Crippen LogP contribution in [0.5, 0.6) is 0 Å². The molecule has 0 radical (unpaired) electrons. The molecule has 6 nitrogen and oxygen atoms in total. The van der Waals surface area contributed by atoms with Crippen LogP contribution in [0.1, 0.15) is 34.5 Å². The van der Waals surface area contributed by atoms with Crippen molar-refractivity contribution >= 4 is 16.7 Å². The summed E-state index contributed by atoms with van der Waals surface area (Å²) in [6.45, 7) is 2.75. The van der Waals surface area contributed by atoms with Gasteiger partial charge in [-0.05, 0) is 36.6 Å². The fourth-order valence-corrected chi connectivity index (χ4v) is 4.60. The number of fused-ring (bicyclic) bond motifs is 1. The van der Waals surface area contributed by atoms with Crippen LogP contribution in [0.3, 0.4) is 0 Å². The molecule has 2 aliphatic rings. The van der Waals surface area contributed by atoms with E-state index < -0.39 is 5.82 Å². The molecule has 0 spiro atoms. The smallest absolute Gasteiger partial charge is 0.272 e. The van der Waals surface area contributed by atoms with Crippen molar-refractivity contribution in [3.8, 4) is 12.3 Å². The van der Waals surface area contributed by atoms with Gasteiger partial charge < -0.3 is 4.90 Å². The lowest BCUT2D eigenvalue weighted by Gasteiger charge is -2.41. The molecule has 5 rings (SSSR count). The first-order chi connectivity index (χ1) is 16.0. The number of aromatic amines is 1. The lowest BCUT2D eigenvalue weighted by molar-refractivity contribution is 0.0413. The minimum absolute atomic E-state index is 0.0716. The number of carbonyl (C=O) groups excluding carboxylic acids is 1. The number of H-pyrrole nitrogens is 1. The predicted octanol–water partition coefficient (Wildman–Crippen LogP) is 2.82. The molecule has 2 fully saturated rings. The highest BCUT2D eigenvalue weighted by Crippen LogP contribution is 2.29. The molecule has 168 valence electrons. The van der Waals surface area contributed by atoms with Gasteiger partial charge in [-0.1, -0.05) is 30.2 Å². The monoisotopic (exact) mass is 444 g/mol. The molecule has 1 amide bonds. The summed E-state index contributed by atoms with van der Waals surface area (Å²) in [6, 6.07) is 12.4. The van der Waals surface area contributed by atoms with E-state index in [4.69, 9.17) is 6.42 Å². The second-order valence-electron chi connectivity index (χ2n) is 8.98. The minimum Gasteiger partial charge on any atom is -0.338 e. The van der Waals surface area contributed by atoms with Crippen LogP contribution in [0.2, 0.25) is 0 Å². The van der Waals surface area contributed by atoms with Crippen LogP contribution in [0.4, 0.5) is 4.39 Å². The van der Waals surface area contributed by atoms with E-state index in [1.54, 1.807) is 29.2 Å². The van der Waals surface area contributed by atoms with Crippen molar-refractivity contribution in [1.29, 1.82) is 0 Å². The number of halogens is 1. The number of nitrogens with one attached hydrogen (secondary N) is 1. The molecule has 1 saturated carbocycles. The normalized spacial score (nSPS) is 16.1. The van der Waals surface area contributed by atoms with E-state index in [0.717, 1.165) is 17.5 Å². The highest BCUT2D eigenvalue weighted by atomic mass is 19.1. The highest BCUT2D eigenvalue weighted by molar-refractivity contribution is 5.95. The van der Waals surface area contributed by atoms with Crippen molar-refractivity contribution in [3.63, 3.8) is 0 Å². The Kier molecular flexibility index (Phi) is 5.69. The Bertz CT molecular complexity index is 1300. The van der Waals surface area contributed by atoms with Gasteiger partial charge in [-0.2, -0.15) is 5.10 Å². The Labute approximate surface area is 191 Å². The molecular formula is C26H25FN4O2. The molecule has 3 aromatic rings. The molecule has 2 heterocycles. The minimum atomic E-state index is -0.529. The summed E-state index contributed by atoms with van der Waals surface area (Å²) in [5.41, 5.74) is 1.25. The van der Waals surface area contributed by atoms with Gasteiger partial charge in [0.1, 0.15) is 5.82 Å². The van der Waals surface area contributed by atoms with Crippen LogP contribution in [-0.4, -0.2) is 58.1 Å². The number of hydrogen-bond donors (Lipinski definition) is 1. The number of terminal acetylenes is 1. The number of hydrogen-bond acceptors (Lipinski definition) is 4. The van der Waals surface area contributed by atoms with Crippen molar-refractivity contribution in [3.05, 3.63) is 75.5 Å². The molecule has 7 heteroatoms. The third kappa shape index (κ3) is 4.39. The average Bonchev–Trinajstić information content (AvgIpc) is 3.63. The number of aromatic nitrogens is 2. The largest absolute Gasteiger partial charge is 0.338 e. The first kappa shape index (κ1) is 21.4. The molecule has 1 aliphatic carbocycles. The average molecular weight is 445 g/mol. The van der Waals surface area contributed by atoms with Crippen LogP contribution >= 0.6 is 0 Å². The van der Waals surface area contributed by atoms with E-state index in [1.165, 1.54) is 18.9 Å². The molecule has 0 unspecified atom stereocenters. The highest BCUT2D eigenvalue weighted by Gasteiger charge is 2.36. The zero-order valence-electron chi connectivity index (χ0n) is 18.3. The van der Waals surface area contributed by atoms with Crippen LogP contribution in [0, 0.1) is 24.1 Å². The van der Waals surface area contributed by atoms with Gasteiger partial charge in [0.15, 0.2) is 0 Å². The Morgan fingerprint density at radius 2 is 1.97 bits per heavy atom. The summed E-state index contributed by atoms with van der Waals surface area (Å²) in [7, 11) is 0. The fraction of sp³-hybridized carbons (Fsp3) is 0.346. The molecule has 1 aliphatic heterocycles. The van der Waals surface area contributed by atoms with E-state index in [2.05, 4.69) is 21.0 Å². The lowest BCUT2D eigenvalue weighted by Crippen LogP contribution is -2.54. The van der Waals surface area contributed by atoms with E-state index in [9.17, 15) is 14.0 Å². The molecule has 1 N–H and O–H groups in total. The second-order valence-corrected chi connectivity index (χ2v) is 8.98. The number of nitrogens with zero attached hydrogens (tertiary/aromatic N) is 3. The van der Waals surface area contributed by atoms with E-state index in [0.29, 0.717) is 49.1 Å². The summed E-state index contributed by atoms with van der Waals surface area (Å²) in [5, 5.41) is 8.01. The summed E-state index contributed by atoms with van der Waals surface area (Å²) < 4.78 is 14.6. The fourth-order valence-electron chi connectivity index (χ4n) is 4.60. The number of carbonyl (C=O) groups is 1. The maximum atomic E-state index is 14.6. The van der Waals surface area contributed by atoms with E-state index >= 15 is 0 Å². The van der Waals surface area contributed by atoms with Gasteiger partial charge in [0, 0.05) is 43.4 Å². The van der Waals surface area contributed by atoms with Crippen LogP contribution in [-0.2, 0) is 6.42 Å². The zero-order chi connectivity index (χ0) is 22.9. The van der Waals surface area contributed by atoms with Crippen molar-refractivity contribution in [1.82, 2.24) is 20.0 Å². The SMILES string of the molecule is C#CCN(CC1CN(C(=O)c2cc(Cc3n[nH]c(=O)c4ccccc34)ccc2F)C1)C1CC1. The Morgan fingerprint density at radius 1 is 1.21 bits per heavy atom. The van der Waals surface area contributed by atoms with Crippen molar-refractivity contribution < 1.29 is 9.18 Å². The molecule has 1 aromatic heterocycles. The summed E-state index contributed by atoms with van der Waals surface area (Å²) in [6.07, 6.45) is 8.24. The molecular weight excluding hydrogens is 419 g/mol. The summed E-state index contributed by atoms with van der Waals surface area (Å²) in [5.74, 6) is 2.27. The number of benzene rings is 2. The molecule has 1 saturated heterocycles. The van der Waals surface area contributed by atoms with Gasteiger partial charge in [0.25, 0.3) is 11.5 Å². The molecule has 0 atom stereocenters. The number of likely N-dealkylation sites (tertiary alicyclic amines) is 1. The van der Waals surface area contributed by atoms with Crippen LogP contribution in [0.15, 0.2) is 47.3 Å². The van der Waals surface area contributed by atoms with Gasteiger partial charge in [0.2, 0.25) is 0 Å². The first-order valence-corrected chi connectivity index (χ1v) is 11.2. The van der Waals surface area contributed by atoms with Crippen molar-refractivity contribution in [2.75, 3.05) is 26.2 Å². The topological polar surface area (TPSA) is 69.3 Å². The van der Waals surface area contributed by atoms with Crippen molar-refractivity contribution in [2.45, 2.75) is 25.3 Å². The van der Waals surface area contributed by atoms with Crippen LogP contribution < -0.4 is 5.56 Å². The van der Waals surface area contributed by atoms with Crippen LogP contribution in [0.25, 0.3) is 10.8 Å². The van der Waals surface area contributed by atoms with Gasteiger partial charge in [0.05, 0.1) is 23.2 Å².